The number of benzene rings is 1. The predicted octanol–water partition coefficient (Wildman–Crippen LogP) is 2.64. The van der Waals surface area contributed by atoms with Gasteiger partial charge in [-0.05, 0) is 31.6 Å². The van der Waals surface area contributed by atoms with Gasteiger partial charge >= 0.3 is 0 Å². The van der Waals surface area contributed by atoms with Crippen molar-refractivity contribution in [2.75, 3.05) is 21.3 Å². The molecular weight excluding hydrogens is 270 g/mol. The highest BCUT2D eigenvalue weighted by atomic mass is 16.5. The lowest BCUT2D eigenvalue weighted by atomic mass is 10.1. The highest BCUT2D eigenvalue weighted by Crippen LogP contribution is 2.40. The van der Waals surface area contributed by atoms with E-state index in [1.807, 2.05) is 19.9 Å². The quantitative estimate of drug-likeness (QED) is 0.785. The Kier molecular flexibility index (Phi) is 6.59. The van der Waals surface area contributed by atoms with Crippen molar-refractivity contribution in [3.05, 3.63) is 23.8 Å². The SMILES string of the molecule is CC[C@@H](C)NC(=O)/C=C/c1ccc(OC)c(OC)c1OC. The van der Waals surface area contributed by atoms with Gasteiger partial charge in [0.2, 0.25) is 11.7 Å². The Morgan fingerprint density at radius 3 is 2.38 bits per heavy atom. The molecule has 1 N–H and O–H groups in total. The Morgan fingerprint density at radius 1 is 1.19 bits per heavy atom. The first kappa shape index (κ1) is 16.9. The van der Waals surface area contributed by atoms with E-state index in [0.717, 1.165) is 12.0 Å². The van der Waals surface area contributed by atoms with Crippen LogP contribution in [0.2, 0.25) is 0 Å². The van der Waals surface area contributed by atoms with Crippen molar-refractivity contribution in [3.63, 3.8) is 0 Å². The van der Waals surface area contributed by atoms with Gasteiger partial charge in [0.25, 0.3) is 0 Å². The summed E-state index contributed by atoms with van der Waals surface area (Å²) in [7, 11) is 4.66. The van der Waals surface area contributed by atoms with Crippen LogP contribution in [-0.2, 0) is 4.79 Å². The normalized spacial score (nSPS) is 12.0. The molecule has 0 aliphatic rings. The molecule has 0 radical (unpaired) electrons. The van der Waals surface area contributed by atoms with Crippen molar-refractivity contribution in [1.29, 1.82) is 0 Å². The Morgan fingerprint density at radius 2 is 1.86 bits per heavy atom. The lowest BCUT2D eigenvalue weighted by molar-refractivity contribution is -0.117. The average Bonchev–Trinajstić information content (AvgIpc) is 2.51. The largest absolute Gasteiger partial charge is 0.493 e. The van der Waals surface area contributed by atoms with Crippen LogP contribution in [0.1, 0.15) is 25.8 Å². The van der Waals surface area contributed by atoms with E-state index in [1.165, 1.54) is 6.08 Å². The maximum Gasteiger partial charge on any atom is 0.244 e. The Hall–Kier alpha value is -2.17. The molecule has 0 aliphatic heterocycles. The first-order valence-corrected chi connectivity index (χ1v) is 6.84. The molecule has 0 saturated heterocycles. The summed E-state index contributed by atoms with van der Waals surface area (Å²) >= 11 is 0. The zero-order valence-electron chi connectivity index (χ0n) is 13.2. The standard InChI is InChI=1S/C16H23NO4/c1-6-11(2)17-14(18)10-8-12-7-9-13(19-3)16(21-5)15(12)20-4/h7-11H,6H2,1-5H3,(H,17,18)/b10-8+/t11-/m1/s1. The number of methoxy groups -OCH3 is 3. The molecule has 116 valence electrons. The molecule has 0 fully saturated rings. The third-order valence-corrected chi connectivity index (χ3v) is 3.15. The van der Waals surface area contributed by atoms with E-state index in [4.69, 9.17) is 14.2 Å². The van der Waals surface area contributed by atoms with Crippen LogP contribution in [0.5, 0.6) is 17.2 Å². The van der Waals surface area contributed by atoms with Gasteiger partial charge in [-0.15, -0.1) is 0 Å². The summed E-state index contributed by atoms with van der Waals surface area (Å²) in [5.41, 5.74) is 0.745. The third-order valence-electron chi connectivity index (χ3n) is 3.15. The summed E-state index contributed by atoms with van der Waals surface area (Å²) in [4.78, 5) is 11.8. The van der Waals surface area contributed by atoms with Crippen LogP contribution in [0.15, 0.2) is 18.2 Å². The summed E-state index contributed by atoms with van der Waals surface area (Å²) in [6, 6.07) is 3.73. The summed E-state index contributed by atoms with van der Waals surface area (Å²) in [6.45, 7) is 3.98. The summed E-state index contributed by atoms with van der Waals surface area (Å²) in [5, 5.41) is 2.87. The first-order chi connectivity index (χ1) is 10.1. The second kappa shape index (κ2) is 8.19. The fraction of sp³-hybridized carbons (Fsp3) is 0.438. The minimum atomic E-state index is -0.138. The van der Waals surface area contributed by atoms with Gasteiger partial charge in [0.15, 0.2) is 11.5 Å². The molecule has 1 rings (SSSR count). The molecule has 1 aromatic carbocycles. The van der Waals surface area contributed by atoms with Gasteiger partial charge < -0.3 is 19.5 Å². The summed E-state index contributed by atoms with van der Waals surface area (Å²) in [6.07, 6.45) is 4.06. The van der Waals surface area contributed by atoms with Crippen molar-refractivity contribution < 1.29 is 19.0 Å². The Labute approximate surface area is 125 Å². The van der Waals surface area contributed by atoms with Crippen molar-refractivity contribution >= 4 is 12.0 Å². The number of rotatable bonds is 7. The highest BCUT2D eigenvalue weighted by Gasteiger charge is 2.14. The van der Waals surface area contributed by atoms with Crippen LogP contribution < -0.4 is 19.5 Å². The van der Waals surface area contributed by atoms with Gasteiger partial charge in [-0.25, -0.2) is 0 Å². The van der Waals surface area contributed by atoms with Crippen molar-refractivity contribution in [2.24, 2.45) is 0 Å². The van der Waals surface area contributed by atoms with Gasteiger partial charge in [-0.1, -0.05) is 6.92 Å². The van der Waals surface area contributed by atoms with Gasteiger partial charge in [0, 0.05) is 17.7 Å². The smallest absolute Gasteiger partial charge is 0.244 e. The number of nitrogens with one attached hydrogen (secondary N) is 1. The van der Waals surface area contributed by atoms with E-state index in [-0.39, 0.29) is 11.9 Å². The molecule has 21 heavy (non-hydrogen) atoms. The second-order valence-corrected chi connectivity index (χ2v) is 4.57. The molecule has 0 bridgehead atoms. The van der Waals surface area contributed by atoms with E-state index in [1.54, 1.807) is 33.5 Å². The minimum Gasteiger partial charge on any atom is -0.493 e. The second-order valence-electron chi connectivity index (χ2n) is 4.57. The molecule has 0 heterocycles. The molecular formula is C16H23NO4. The fourth-order valence-corrected chi connectivity index (χ4v) is 1.81. The maximum atomic E-state index is 11.8. The minimum absolute atomic E-state index is 0.138. The van der Waals surface area contributed by atoms with Gasteiger partial charge in [0.05, 0.1) is 21.3 Å². The number of ether oxygens (including phenoxy) is 3. The van der Waals surface area contributed by atoms with Crippen LogP contribution in [0.4, 0.5) is 0 Å². The molecule has 0 unspecified atom stereocenters. The third kappa shape index (κ3) is 4.41. The van der Waals surface area contributed by atoms with E-state index >= 15 is 0 Å². The fourth-order valence-electron chi connectivity index (χ4n) is 1.81. The van der Waals surface area contributed by atoms with Crippen molar-refractivity contribution in [1.82, 2.24) is 5.32 Å². The topological polar surface area (TPSA) is 56.8 Å². The van der Waals surface area contributed by atoms with E-state index < -0.39 is 0 Å². The number of amides is 1. The average molecular weight is 293 g/mol. The summed E-state index contributed by atoms with van der Waals surface area (Å²) in [5.74, 6) is 1.48. The number of carbonyl (C=O) groups is 1. The van der Waals surface area contributed by atoms with E-state index in [0.29, 0.717) is 17.2 Å². The van der Waals surface area contributed by atoms with Crippen molar-refractivity contribution in [3.8, 4) is 17.2 Å². The van der Waals surface area contributed by atoms with Crippen LogP contribution in [0.3, 0.4) is 0 Å². The van der Waals surface area contributed by atoms with E-state index in [9.17, 15) is 4.79 Å². The molecule has 1 aromatic rings. The summed E-state index contributed by atoms with van der Waals surface area (Å²) < 4.78 is 15.9. The van der Waals surface area contributed by atoms with Crippen molar-refractivity contribution in [2.45, 2.75) is 26.3 Å². The highest BCUT2D eigenvalue weighted by molar-refractivity contribution is 5.92. The number of hydrogen-bond acceptors (Lipinski definition) is 4. The van der Waals surface area contributed by atoms with Crippen LogP contribution in [0.25, 0.3) is 6.08 Å². The van der Waals surface area contributed by atoms with Gasteiger partial charge in [-0.2, -0.15) is 0 Å². The first-order valence-electron chi connectivity index (χ1n) is 6.84. The Bertz CT molecular complexity index is 511. The molecule has 1 amide bonds. The van der Waals surface area contributed by atoms with Crippen LogP contribution >= 0.6 is 0 Å². The van der Waals surface area contributed by atoms with Gasteiger partial charge in [0.1, 0.15) is 0 Å². The van der Waals surface area contributed by atoms with Gasteiger partial charge in [-0.3, -0.25) is 4.79 Å². The monoisotopic (exact) mass is 293 g/mol. The molecule has 0 spiro atoms. The number of hydrogen-bond donors (Lipinski definition) is 1. The molecule has 1 atom stereocenters. The number of carbonyl (C=O) groups excluding carboxylic acids is 1. The van der Waals surface area contributed by atoms with Crippen LogP contribution in [0, 0.1) is 0 Å². The predicted molar refractivity (Wildman–Crippen MR) is 83.0 cm³/mol. The van der Waals surface area contributed by atoms with E-state index in [2.05, 4.69) is 5.32 Å². The molecule has 5 heteroatoms. The molecule has 0 aliphatic carbocycles. The van der Waals surface area contributed by atoms with Crippen LogP contribution in [-0.4, -0.2) is 33.3 Å². The molecule has 5 nitrogen and oxygen atoms in total. The molecule has 0 aromatic heterocycles. The lowest BCUT2D eigenvalue weighted by Crippen LogP contribution is -2.30. The molecule has 0 saturated carbocycles. The zero-order valence-corrected chi connectivity index (χ0v) is 13.2. The zero-order chi connectivity index (χ0) is 15.8. The lowest BCUT2D eigenvalue weighted by Gasteiger charge is -2.14. The Balaban J connectivity index is 3.00. The maximum absolute atomic E-state index is 11.8.